The smallest absolute Gasteiger partial charge is 0.309 e. The summed E-state index contributed by atoms with van der Waals surface area (Å²) in [7, 11) is -3.07. The van der Waals surface area contributed by atoms with E-state index in [0.29, 0.717) is 18.2 Å². The lowest BCUT2D eigenvalue weighted by molar-refractivity contribution is 0.222. The van der Waals surface area contributed by atoms with Crippen LogP contribution in [0.2, 0.25) is 0 Å². The Labute approximate surface area is 101 Å². The van der Waals surface area contributed by atoms with Gasteiger partial charge in [0.15, 0.2) is 5.03 Å². The third kappa shape index (κ3) is 3.86. The van der Waals surface area contributed by atoms with E-state index in [1.165, 1.54) is 0 Å². The summed E-state index contributed by atoms with van der Waals surface area (Å²) in [6.07, 6.45) is 8.18. The second kappa shape index (κ2) is 6.34. The highest BCUT2D eigenvalue weighted by molar-refractivity contribution is 7.54. The van der Waals surface area contributed by atoms with E-state index in [0.717, 1.165) is 5.57 Å². The largest absolute Gasteiger partial charge is 0.337 e. The molecule has 0 saturated carbocycles. The minimum atomic E-state index is -3.07. The summed E-state index contributed by atoms with van der Waals surface area (Å²) in [4.78, 5) is 0. The second-order valence-corrected chi connectivity index (χ2v) is 5.58. The van der Waals surface area contributed by atoms with Crippen molar-refractivity contribution in [2.24, 2.45) is 0 Å². The van der Waals surface area contributed by atoms with Crippen molar-refractivity contribution >= 4 is 19.2 Å². The number of rotatable bonds is 6. The van der Waals surface area contributed by atoms with Gasteiger partial charge in [0, 0.05) is 17.7 Å². The van der Waals surface area contributed by atoms with E-state index >= 15 is 0 Å². The molecular weight excluding hydrogens is 247 g/mol. The van der Waals surface area contributed by atoms with Crippen LogP contribution in [0, 0.1) is 6.08 Å². The Morgan fingerprint density at radius 3 is 2.50 bits per heavy atom. The topological polar surface area (TPSA) is 35.5 Å². The Bertz CT molecular complexity index is 361. The fraction of sp³-hybridized carbons (Fsp3) is 0.455. The van der Waals surface area contributed by atoms with E-state index in [2.05, 4.69) is 6.08 Å². The van der Waals surface area contributed by atoms with Gasteiger partial charge in [-0.25, -0.2) is 0 Å². The first-order valence-electron chi connectivity index (χ1n) is 5.14. The zero-order valence-electron chi connectivity index (χ0n) is 9.40. The molecule has 0 bridgehead atoms. The lowest BCUT2D eigenvalue weighted by Crippen LogP contribution is -2.03. The van der Waals surface area contributed by atoms with Gasteiger partial charge in [0.25, 0.3) is 0 Å². The van der Waals surface area contributed by atoms with Crippen molar-refractivity contribution in [3.05, 3.63) is 34.9 Å². The molecule has 0 amide bonds. The summed E-state index contributed by atoms with van der Waals surface area (Å²) in [6, 6.07) is 0. The maximum Gasteiger partial charge on any atom is 0.337 e. The molecule has 0 saturated heterocycles. The molecule has 1 aliphatic carbocycles. The van der Waals surface area contributed by atoms with E-state index in [4.69, 9.17) is 20.6 Å². The molecule has 0 fully saturated rings. The van der Waals surface area contributed by atoms with Crippen LogP contribution in [0.5, 0.6) is 0 Å². The Balaban J connectivity index is 2.80. The summed E-state index contributed by atoms with van der Waals surface area (Å²) in [5.74, 6) is 0. The van der Waals surface area contributed by atoms with Crippen LogP contribution in [0.3, 0.4) is 0 Å². The van der Waals surface area contributed by atoms with Crippen molar-refractivity contribution in [1.29, 1.82) is 0 Å². The van der Waals surface area contributed by atoms with Crippen LogP contribution in [0.4, 0.5) is 0 Å². The van der Waals surface area contributed by atoms with Crippen LogP contribution in [0.1, 0.15) is 13.8 Å². The molecule has 0 aliphatic heterocycles. The summed E-state index contributed by atoms with van der Waals surface area (Å²) < 4.78 is 22.6. The first kappa shape index (κ1) is 13.6. The first-order valence-corrected chi connectivity index (χ1v) is 7.24. The fourth-order valence-electron chi connectivity index (χ4n) is 1.30. The third-order valence-electron chi connectivity index (χ3n) is 1.91. The predicted octanol–water partition coefficient (Wildman–Crippen LogP) is 3.67. The summed E-state index contributed by atoms with van der Waals surface area (Å²) in [6.45, 7) is 4.28. The zero-order valence-corrected chi connectivity index (χ0v) is 11.1. The average molecular weight is 262 g/mol. The Kier molecular flexibility index (Phi) is 5.40. The van der Waals surface area contributed by atoms with E-state index in [-0.39, 0.29) is 6.16 Å². The van der Waals surface area contributed by atoms with Crippen molar-refractivity contribution in [3.63, 3.8) is 0 Å². The van der Waals surface area contributed by atoms with Gasteiger partial charge in [0.2, 0.25) is 0 Å². The minimum Gasteiger partial charge on any atom is -0.309 e. The molecule has 3 nitrogen and oxygen atoms in total. The molecule has 0 N–H and O–H groups in total. The molecule has 0 aromatic carbocycles. The van der Waals surface area contributed by atoms with Crippen molar-refractivity contribution < 1.29 is 13.6 Å². The lowest BCUT2D eigenvalue weighted by Gasteiger charge is -2.16. The van der Waals surface area contributed by atoms with E-state index in [9.17, 15) is 4.57 Å². The van der Waals surface area contributed by atoms with Crippen LogP contribution >= 0.6 is 19.2 Å². The number of halogens is 1. The van der Waals surface area contributed by atoms with E-state index < -0.39 is 7.60 Å². The van der Waals surface area contributed by atoms with Crippen molar-refractivity contribution in [2.75, 3.05) is 19.4 Å². The Morgan fingerprint density at radius 1 is 1.38 bits per heavy atom. The quantitative estimate of drug-likeness (QED) is 0.540. The zero-order chi connectivity index (χ0) is 12.0. The first-order chi connectivity index (χ1) is 7.61. The van der Waals surface area contributed by atoms with Gasteiger partial charge in [-0.1, -0.05) is 0 Å². The molecule has 5 heteroatoms. The Hall–Kier alpha value is -0.430. The molecule has 16 heavy (non-hydrogen) atoms. The highest BCUT2D eigenvalue weighted by atomic mass is 35.5. The normalized spacial score (nSPS) is 15.4. The molecule has 1 rings (SSSR count). The van der Waals surface area contributed by atoms with Crippen LogP contribution in [-0.2, 0) is 13.6 Å². The molecule has 0 heterocycles. The minimum absolute atomic E-state index is 0.197. The molecule has 0 atom stereocenters. The molecule has 1 aliphatic rings. The highest BCUT2D eigenvalue weighted by Crippen LogP contribution is 2.50. The maximum absolute atomic E-state index is 12.2. The highest BCUT2D eigenvalue weighted by Gasteiger charge is 2.28. The van der Waals surface area contributed by atoms with Crippen LogP contribution < -0.4 is 0 Å². The molecule has 88 valence electrons. The summed E-state index contributed by atoms with van der Waals surface area (Å²) >= 11 is 5.97. The van der Waals surface area contributed by atoms with Crippen molar-refractivity contribution in [2.45, 2.75) is 13.8 Å². The number of hydrogen-bond acceptors (Lipinski definition) is 3. The number of allylic oxidation sites excluding steroid dienone is 6. The molecule has 0 aromatic heterocycles. The molecule has 0 unspecified atom stereocenters. The SMILES string of the molecule is CCOP(=O)(CC1=C(Cl)C=[C+]C=C1)OCC. The monoisotopic (exact) mass is 261 g/mol. The predicted molar refractivity (Wildman–Crippen MR) is 65.6 cm³/mol. The van der Waals surface area contributed by atoms with E-state index in [1.807, 2.05) is 0 Å². The van der Waals surface area contributed by atoms with Gasteiger partial charge in [-0.2, -0.15) is 0 Å². The van der Waals surface area contributed by atoms with Gasteiger partial charge >= 0.3 is 7.60 Å². The van der Waals surface area contributed by atoms with Gasteiger partial charge in [-0.3, -0.25) is 4.57 Å². The second-order valence-electron chi connectivity index (χ2n) is 3.12. The summed E-state index contributed by atoms with van der Waals surface area (Å²) in [5, 5.41) is 0.530. The third-order valence-corrected chi connectivity index (χ3v) is 4.30. The van der Waals surface area contributed by atoms with Gasteiger partial charge in [-0.15, -0.1) is 0 Å². The van der Waals surface area contributed by atoms with Gasteiger partial charge in [0.05, 0.1) is 24.9 Å². The molecule has 0 radical (unpaired) electrons. The Morgan fingerprint density at radius 2 is 2.00 bits per heavy atom. The molecule has 0 aromatic rings. The average Bonchev–Trinajstić information content (AvgIpc) is 2.22. The molecule has 0 spiro atoms. The summed E-state index contributed by atoms with van der Waals surface area (Å²) in [5.41, 5.74) is 0.755. The fourth-order valence-corrected chi connectivity index (χ4v) is 3.32. The van der Waals surface area contributed by atoms with Gasteiger partial charge in [-0.05, 0) is 13.8 Å². The van der Waals surface area contributed by atoms with Gasteiger partial charge < -0.3 is 9.05 Å². The van der Waals surface area contributed by atoms with Crippen LogP contribution in [0.25, 0.3) is 0 Å². The van der Waals surface area contributed by atoms with Gasteiger partial charge in [0.1, 0.15) is 18.3 Å². The van der Waals surface area contributed by atoms with E-state index in [1.54, 1.807) is 32.1 Å². The number of hydrogen-bond donors (Lipinski definition) is 0. The van der Waals surface area contributed by atoms with Crippen LogP contribution in [0.15, 0.2) is 28.8 Å². The van der Waals surface area contributed by atoms with Crippen molar-refractivity contribution in [3.8, 4) is 0 Å². The van der Waals surface area contributed by atoms with Crippen LogP contribution in [-0.4, -0.2) is 19.4 Å². The maximum atomic E-state index is 12.2. The lowest BCUT2D eigenvalue weighted by atomic mass is 10.2. The van der Waals surface area contributed by atoms with Crippen molar-refractivity contribution in [1.82, 2.24) is 0 Å². The standard InChI is InChI=1S/C11H15ClO3P/c1-3-14-16(13,15-4-2)9-10-7-5-6-8-11(10)12/h5,7-8H,3-4,9H2,1-2H3/q+1. The molecular formula is C11H15ClO3P+.